The lowest BCUT2D eigenvalue weighted by atomic mass is 10.0. The highest BCUT2D eigenvalue weighted by Crippen LogP contribution is 2.31. The van der Waals surface area contributed by atoms with E-state index in [-0.39, 0.29) is 46.4 Å². The third kappa shape index (κ3) is 4.69. The number of carbonyl (C=O) groups excluding carboxylic acids is 1. The Labute approximate surface area is 190 Å². The number of rotatable bonds is 8. The quantitative estimate of drug-likeness (QED) is 0.476. The van der Waals surface area contributed by atoms with Crippen LogP contribution in [0.4, 0.5) is 14.5 Å². The van der Waals surface area contributed by atoms with Gasteiger partial charge in [0.05, 0.1) is 27.9 Å². The van der Waals surface area contributed by atoms with E-state index >= 15 is 0 Å². The van der Waals surface area contributed by atoms with Gasteiger partial charge in [0.1, 0.15) is 11.8 Å². The normalized spacial score (nSPS) is 13.1. The van der Waals surface area contributed by atoms with Crippen molar-refractivity contribution in [1.82, 2.24) is 13.9 Å². The molecule has 0 saturated carbocycles. The number of phenols is 1. The van der Waals surface area contributed by atoms with E-state index in [0.29, 0.717) is 0 Å². The number of phenolic OH excluding ortho intramolecular Hbond substituents is 1. The number of nitrogens with zero attached hydrogens (tertiary/aromatic N) is 3. The third-order valence-electron chi connectivity index (χ3n) is 5.39. The number of nitrogens with one attached hydrogen (secondary N) is 1. The highest BCUT2D eigenvalue weighted by molar-refractivity contribution is 7.89. The SMILES string of the molecule is CCN(CC)S(=O)(=O)c1ccc(O)c(NC(=O)C(C(C)C)n2cnc3cc(F)c(F)cc32)c1. The van der Waals surface area contributed by atoms with Crippen molar-refractivity contribution in [2.75, 3.05) is 18.4 Å². The molecule has 0 bridgehead atoms. The van der Waals surface area contributed by atoms with Gasteiger partial charge in [-0.15, -0.1) is 0 Å². The number of hydrogen-bond donors (Lipinski definition) is 2. The first-order chi connectivity index (χ1) is 15.5. The van der Waals surface area contributed by atoms with Crippen LogP contribution in [0.25, 0.3) is 11.0 Å². The Morgan fingerprint density at radius 3 is 2.39 bits per heavy atom. The van der Waals surface area contributed by atoms with Crippen molar-refractivity contribution < 1.29 is 27.1 Å². The van der Waals surface area contributed by atoms with Gasteiger partial charge in [-0.05, 0) is 24.1 Å². The Morgan fingerprint density at radius 2 is 1.79 bits per heavy atom. The summed E-state index contributed by atoms with van der Waals surface area (Å²) >= 11 is 0. The minimum absolute atomic E-state index is 0.0778. The molecule has 1 unspecified atom stereocenters. The van der Waals surface area contributed by atoms with Crippen molar-refractivity contribution in [2.24, 2.45) is 5.92 Å². The second-order valence-electron chi connectivity index (χ2n) is 7.85. The Balaban J connectivity index is 1.99. The molecule has 11 heteroatoms. The fourth-order valence-corrected chi connectivity index (χ4v) is 5.17. The lowest BCUT2D eigenvalue weighted by Crippen LogP contribution is -2.31. The molecule has 0 fully saturated rings. The number of hydrogen-bond acceptors (Lipinski definition) is 5. The molecule has 1 aromatic heterocycles. The molecule has 1 amide bonds. The summed E-state index contributed by atoms with van der Waals surface area (Å²) < 4.78 is 55.7. The van der Waals surface area contributed by atoms with Gasteiger partial charge >= 0.3 is 0 Å². The van der Waals surface area contributed by atoms with Crippen LogP contribution in [0.15, 0.2) is 41.6 Å². The van der Waals surface area contributed by atoms with Crippen LogP contribution >= 0.6 is 0 Å². The number of anilines is 1. The highest BCUT2D eigenvalue weighted by atomic mass is 32.2. The van der Waals surface area contributed by atoms with E-state index in [9.17, 15) is 27.1 Å². The van der Waals surface area contributed by atoms with Gasteiger partial charge < -0.3 is 15.0 Å². The smallest absolute Gasteiger partial charge is 0.247 e. The van der Waals surface area contributed by atoms with E-state index in [1.807, 2.05) is 0 Å². The molecule has 178 valence electrons. The first-order valence-electron chi connectivity index (χ1n) is 10.5. The number of halogens is 2. The van der Waals surface area contributed by atoms with E-state index in [1.54, 1.807) is 27.7 Å². The predicted molar refractivity (Wildman–Crippen MR) is 120 cm³/mol. The lowest BCUT2D eigenvalue weighted by molar-refractivity contribution is -0.120. The van der Waals surface area contributed by atoms with Crippen molar-refractivity contribution in [3.05, 3.63) is 48.3 Å². The predicted octanol–water partition coefficient (Wildman–Crippen LogP) is 3.89. The van der Waals surface area contributed by atoms with Gasteiger partial charge in [-0.25, -0.2) is 22.2 Å². The molecule has 33 heavy (non-hydrogen) atoms. The van der Waals surface area contributed by atoms with Crippen molar-refractivity contribution in [3.63, 3.8) is 0 Å². The number of aromatic nitrogens is 2. The molecule has 0 aliphatic carbocycles. The summed E-state index contributed by atoms with van der Waals surface area (Å²) in [6.07, 6.45) is 1.31. The van der Waals surface area contributed by atoms with Crippen molar-refractivity contribution in [1.29, 1.82) is 0 Å². The maximum Gasteiger partial charge on any atom is 0.247 e. The summed E-state index contributed by atoms with van der Waals surface area (Å²) in [6.45, 7) is 7.47. The zero-order valence-electron chi connectivity index (χ0n) is 18.7. The number of aromatic hydroxyl groups is 1. The largest absolute Gasteiger partial charge is 0.506 e. The van der Waals surface area contributed by atoms with Crippen molar-refractivity contribution in [2.45, 2.75) is 38.6 Å². The van der Waals surface area contributed by atoms with E-state index in [0.717, 1.165) is 12.1 Å². The number of sulfonamides is 1. The Hall–Kier alpha value is -3.05. The zero-order valence-corrected chi connectivity index (χ0v) is 19.5. The fraction of sp³-hybridized carbons (Fsp3) is 0.364. The highest BCUT2D eigenvalue weighted by Gasteiger charge is 2.28. The van der Waals surface area contributed by atoms with Gasteiger partial charge in [-0.2, -0.15) is 4.31 Å². The van der Waals surface area contributed by atoms with Crippen LogP contribution < -0.4 is 5.32 Å². The topological polar surface area (TPSA) is 105 Å². The minimum atomic E-state index is -3.82. The number of fused-ring (bicyclic) bond motifs is 1. The molecule has 0 aliphatic rings. The molecule has 0 spiro atoms. The molecule has 0 aliphatic heterocycles. The Morgan fingerprint density at radius 1 is 1.15 bits per heavy atom. The molecule has 8 nitrogen and oxygen atoms in total. The fourth-order valence-electron chi connectivity index (χ4n) is 3.69. The van der Waals surface area contributed by atoms with Gasteiger partial charge in [-0.1, -0.05) is 27.7 Å². The number of benzene rings is 2. The van der Waals surface area contributed by atoms with Crippen molar-refractivity contribution in [3.8, 4) is 5.75 Å². The molecular weight excluding hydrogens is 454 g/mol. The second kappa shape index (κ2) is 9.44. The Bertz CT molecular complexity index is 1290. The molecule has 0 radical (unpaired) electrons. The first-order valence-corrected chi connectivity index (χ1v) is 11.9. The summed E-state index contributed by atoms with van der Waals surface area (Å²) in [5, 5.41) is 12.8. The standard InChI is InChI=1S/C22H26F2N4O4S/c1-5-27(6-2)33(31,32)14-7-8-20(29)18(9-14)26-22(30)21(13(3)4)28-12-25-17-10-15(23)16(24)11-19(17)28/h7-13,21,29H,5-6H2,1-4H3,(H,26,30). The van der Waals surface area contributed by atoms with E-state index < -0.39 is 33.6 Å². The summed E-state index contributed by atoms with van der Waals surface area (Å²) in [5.74, 6) is -3.32. The summed E-state index contributed by atoms with van der Waals surface area (Å²) in [7, 11) is -3.82. The van der Waals surface area contributed by atoms with Gasteiger partial charge in [0.2, 0.25) is 15.9 Å². The van der Waals surface area contributed by atoms with E-state index in [1.165, 1.54) is 33.4 Å². The van der Waals surface area contributed by atoms with Crippen LogP contribution in [0.3, 0.4) is 0 Å². The molecule has 3 aromatic rings. The van der Waals surface area contributed by atoms with Gasteiger partial charge in [0.15, 0.2) is 11.6 Å². The molecule has 2 N–H and O–H groups in total. The van der Waals surface area contributed by atoms with Gasteiger partial charge in [-0.3, -0.25) is 4.79 Å². The van der Waals surface area contributed by atoms with Crippen LogP contribution in [0.5, 0.6) is 5.75 Å². The maximum atomic E-state index is 13.8. The molecule has 2 aromatic carbocycles. The van der Waals surface area contributed by atoms with Crippen LogP contribution in [-0.4, -0.2) is 46.4 Å². The molecule has 3 rings (SSSR count). The molecule has 1 atom stereocenters. The van der Waals surface area contributed by atoms with Gasteiger partial charge in [0.25, 0.3) is 0 Å². The zero-order chi connectivity index (χ0) is 24.5. The Kier molecular flexibility index (Phi) is 7.03. The minimum Gasteiger partial charge on any atom is -0.506 e. The van der Waals surface area contributed by atoms with E-state index in [4.69, 9.17) is 0 Å². The number of carbonyl (C=O) groups is 1. The van der Waals surface area contributed by atoms with Crippen LogP contribution in [-0.2, 0) is 14.8 Å². The van der Waals surface area contributed by atoms with Crippen LogP contribution in [0, 0.1) is 17.6 Å². The number of imidazole rings is 1. The monoisotopic (exact) mass is 480 g/mol. The molecule has 0 saturated heterocycles. The van der Waals surface area contributed by atoms with E-state index in [2.05, 4.69) is 10.3 Å². The third-order valence-corrected chi connectivity index (χ3v) is 7.43. The lowest BCUT2D eigenvalue weighted by Gasteiger charge is -2.23. The maximum absolute atomic E-state index is 13.8. The second-order valence-corrected chi connectivity index (χ2v) is 9.79. The molecule has 1 heterocycles. The molecular formula is C22H26F2N4O4S. The summed E-state index contributed by atoms with van der Waals surface area (Å²) in [6, 6.07) is 4.67. The summed E-state index contributed by atoms with van der Waals surface area (Å²) in [4.78, 5) is 17.2. The average molecular weight is 481 g/mol. The van der Waals surface area contributed by atoms with Gasteiger partial charge in [0, 0.05) is 25.2 Å². The van der Waals surface area contributed by atoms with Crippen LogP contribution in [0.1, 0.15) is 33.7 Å². The number of amides is 1. The summed E-state index contributed by atoms with van der Waals surface area (Å²) in [5.41, 5.74) is 0.327. The first kappa shape index (κ1) is 24.6. The van der Waals surface area contributed by atoms with Crippen LogP contribution in [0.2, 0.25) is 0 Å². The average Bonchev–Trinajstić information content (AvgIpc) is 3.12. The van der Waals surface area contributed by atoms with Crippen molar-refractivity contribution >= 4 is 32.7 Å².